The van der Waals surface area contributed by atoms with Crippen LogP contribution in [0.5, 0.6) is 0 Å². The molecule has 0 bridgehead atoms. The van der Waals surface area contributed by atoms with E-state index in [-0.39, 0.29) is 0 Å². The Kier molecular flexibility index (Phi) is 26.1. The number of pyridine rings is 3. The Morgan fingerprint density at radius 2 is 0.708 bits per heavy atom. The second-order valence-electron chi connectivity index (χ2n) is 18.8. The average Bonchev–Trinajstić information content (AvgIpc) is 3.36. The molecule has 0 aliphatic heterocycles. The van der Waals surface area contributed by atoms with E-state index in [1.165, 1.54) is 210 Å². The first-order chi connectivity index (χ1) is 32.2. The summed E-state index contributed by atoms with van der Waals surface area (Å²) in [4.78, 5) is 16.8. The smallest absolute Gasteiger partial charge is 0.0900 e. The highest BCUT2D eigenvalue weighted by Crippen LogP contribution is 2.30. The van der Waals surface area contributed by atoms with Crippen LogP contribution in [0.25, 0.3) is 46.1 Å². The van der Waals surface area contributed by atoms with E-state index in [1.807, 2.05) is 48.8 Å². The zero-order valence-electron chi connectivity index (χ0n) is 41.0. The van der Waals surface area contributed by atoms with Crippen LogP contribution in [-0.4, -0.2) is 28.0 Å². The number of benzene rings is 2. The van der Waals surface area contributed by atoms with Gasteiger partial charge >= 0.3 is 0 Å². The molecule has 3 aromatic heterocycles. The summed E-state index contributed by atoms with van der Waals surface area (Å²) in [6.45, 7) is 6.95. The number of unbranched alkanes of at least 4 members (excludes halogenated alkanes) is 26. The van der Waals surface area contributed by atoms with E-state index < -0.39 is 0 Å². The summed E-state index contributed by atoms with van der Waals surface area (Å²) in [6.07, 6.45) is 47.5. The predicted octanol–water partition coefficient (Wildman–Crippen LogP) is 18.8. The lowest BCUT2D eigenvalue weighted by atomic mass is 10.0. The summed E-state index contributed by atoms with van der Waals surface area (Å²) >= 11 is 0. The van der Waals surface area contributed by atoms with Gasteiger partial charge in [0.25, 0.3) is 0 Å². The van der Waals surface area contributed by atoms with E-state index in [2.05, 4.69) is 102 Å². The van der Waals surface area contributed by atoms with Gasteiger partial charge in [-0.3, -0.25) is 9.97 Å². The van der Waals surface area contributed by atoms with Crippen molar-refractivity contribution in [2.75, 3.05) is 18.0 Å². The molecule has 5 aromatic rings. The van der Waals surface area contributed by atoms with Gasteiger partial charge in [-0.05, 0) is 83.6 Å². The Bertz CT molecular complexity index is 1850. The number of rotatable bonds is 36. The summed E-state index contributed by atoms with van der Waals surface area (Å²) in [5.74, 6) is 0. The Morgan fingerprint density at radius 3 is 1.06 bits per heavy atom. The quantitative estimate of drug-likeness (QED) is 0.0297. The molecular weight excluding hydrogens is 789 g/mol. The van der Waals surface area contributed by atoms with Crippen LogP contribution in [0.3, 0.4) is 0 Å². The van der Waals surface area contributed by atoms with Gasteiger partial charge in [-0.1, -0.05) is 241 Å². The maximum absolute atomic E-state index is 4.95. The molecule has 0 N–H and O–H groups in total. The van der Waals surface area contributed by atoms with Gasteiger partial charge < -0.3 is 4.90 Å². The highest BCUT2D eigenvalue weighted by atomic mass is 15.1. The van der Waals surface area contributed by atoms with Crippen molar-refractivity contribution in [3.8, 4) is 33.9 Å². The van der Waals surface area contributed by atoms with Gasteiger partial charge in [-0.15, -0.1) is 0 Å². The molecule has 0 spiro atoms. The maximum Gasteiger partial charge on any atom is 0.0900 e. The molecule has 0 amide bonds. The van der Waals surface area contributed by atoms with Crippen molar-refractivity contribution >= 4 is 17.8 Å². The molecule has 65 heavy (non-hydrogen) atoms. The molecule has 350 valence electrons. The molecule has 0 unspecified atom stereocenters. The summed E-state index contributed by atoms with van der Waals surface area (Å²) in [6, 6.07) is 34.3. The molecular formula is C61H86N4. The number of nitrogens with zero attached hydrogens (tertiary/aromatic N) is 4. The van der Waals surface area contributed by atoms with Crippen LogP contribution >= 0.6 is 0 Å². The minimum Gasteiger partial charge on any atom is -0.372 e. The molecule has 0 fully saturated rings. The number of aromatic nitrogens is 3. The van der Waals surface area contributed by atoms with E-state index >= 15 is 0 Å². The topological polar surface area (TPSA) is 41.9 Å². The third-order valence-corrected chi connectivity index (χ3v) is 13.2. The van der Waals surface area contributed by atoms with Crippen molar-refractivity contribution in [2.45, 2.75) is 194 Å². The van der Waals surface area contributed by atoms with Crippen LogP contribution in [-0.2, 0) is 0 Å². The van der Waals surface area contributed by atoms with E-state index in [0.29, 0.717) is 0 Å². The monoisotopic (exact) mass is 875 g/mol. The molecule has 0 saturated carbocycles. The van der Waals surface area contributed by atoms with Crippen LogP contribution in [0.4, 0.5) is 5.69 Å². The SMILES string of the molecule is CCCCCCCCCCCCCCCCN(CCCCCCCCCCCCCCCC)c1ccc(/C=C/c2ccc(-c3cc(-c4ccccn4)nc(-c4ccccn4)c3)cc2)cc1. The minimum absolute atomic E-state index is 0.842. The van der Waals surface area contributed by atoms with Gasteiger partial charge in [0.15, 0.2) is 0 Å². The Hall–Kier alpha value is -4.57. The Balaban J connectivity index is 1.09. The molecule has 0 aliphatic rings. The molecule has 0 atom stereocenters. The molecule has 4 heteroatoms. The first kappa shape index (κ1) is 51.4. The van der Waals surface area contributed by atoms with Crippen molar-refractivity contribution < 1.29 is 0 Å². The van der Waals surface area contributed by atoms with Gasteiger partial charge in [0.05, 0.1) is 22.8 Å². The lowest BCUT2D eigenvalue weighted by Gasteiger charge is -2.25. The van der Waals surface area contributed by atoms with Crippen molar-refractivity contribution in [1.82, 2.24) is 15.0 Å². The van der Waals surface area contributed by atoms with Crippen LogP contribution in [0, 0.1) is 0 Å². The van der Waals surface area contributed by atoms with Crippen LogP contribution < -0.4 is 4.90 Å². The summed E-state index contributed by atoms with van der Waals surface area (Å²) in [7, 11) is 0. The Labute approximate surface area is 397 Å². The predicted molar refractivity (Wildman–Crippen MR) is 284 cm³/mol. The summed E-state index contributed by atoms with van der Waals surface area (Å²) in [5, 5.41) is 0. The highest BCUT2D eigenvalue weighted by Gasteiger charge is 2.11. The van der Waals surface area contributed by atoms with E-state index in [0.717, 1.165) is 33.9 Å². The van der Waals surface area contributed by atoms with E-state index in [1.54, 1.807) is 0 Å². The summed E-state index contributed by atoms with van der Waals surface area (Å²) in [5.41, 5.74) is 9.42. The number of anilines is 1. The Morgan fingerprint density at radius 1 is 0.354 bits per heavy atom. The first-order valence-corrected chi connectivity index (χ1v) is 26.7. The normalized spacial score (nSPS) is 11.5. The van der Waals surface area contributed by atoms with Crippen molar-refractivity contribution in [3.63, 3.8) is 0 Å². The maximum atomic E-state index is 4.95. The van der Waals surface area contributed by atoms with Crippen molar-refractivity contribution in [3.05, 3.63) is 121 Å². The first-order valence-electron chi connectivity index (χ1n) is 26.7. The molecule has 4 nitrogen and oxygen atoms in total. The van der Waals surface area contributed by atoms with Gasteiger partial charge in [0.2, 0.25) is 0 Å². The lowest BCUT2D eigenvalue weighted by molar-refractivity contribution is 0.529. The second-order valence-corrected chi connectivity index (χ2v) is 18.8. The highest BCUT2D eigenvalue weighted by molar-refractivity contribution is 5.77. The standard InChI is InChI=1S/C61H86N4/c1-3-5-7-9-11-13-15-17-19-21-23-25-27-33-49-65(50-34-28-26-24-22-20-18-16-14-12-10-8-6-4-2)57-45-41-54(42-46-57)38-37-53-39-43-55(44-40-53)56-51-60(58-35-29-31-47-62-58)64-61(52-56)59-36-30-32-48-63-59/h29-32,35-48,51-52H,3-28,33-34,49-50H2,1-2H3/b38-37+. The van der Waals surface area contributed by atoms with Crippen LogP contribution in [0.15, 0.2) is 109 Å². The van der Waals surface area contributed by atoms with Gasteiger partial charge in [0.1, 0.15) is 0 Å². The van der Waals surface area contributed by atoms with Gasteiger partial charge in [0, 0.05) is 31.2 Å². The zero-order chi connectivity index (χ0) is 45.3. The van der Waals surface area contributed by atoms with Gasteiger partial charge in [-0.2, -0.15) is 0 Å². The molecule has 5 rings (SSSR count). The third-order valence-electron chi connectivity index (χ3n) is 13.2. The van der Waals surface area contributed by atoms with E-state index in [4.69, 9.17) is 4.98 Å². The van der Waals surface area contributed by atoms with Crippen LogP contribution in [0.2, 0.25) is 0 Å². The molecule has 0 saturated heterocycles. The number of hydrogen-bond acceptors (Lipinski definition) is 4. The van der Waals surface area contributed by atoms with Crippen molar-refractivity contribution in [2.24, 2.45) is 0 Å². The number of hydrogen-bond donors (Lipinski definition) is 0. The third kappa shape index (κ3) is 21.1. The fourth-order valence-electron chi connectivity index (χ4n) is 9.13. The van der Waals surface area contributed by atoms with Gasteiger partial charge in [-0.25, -0.2) is 4.98 Å². The largest absolute Gasteiger partial charge is 0.372 e. The van der Waals surface area contributed by atoms with Crippen LogP contribution in [0.1, 0.15) is 205 Å². The summed E-state index contributed by atoms with van der Waals surface area (Å²) < 4.78 is 0. The lowest BCUT2D eigenvalue weighted by Crippen LogP contribution is -2.25. The molecule has 0 radical (unpaired) electrons. The van der Waals surface area contributed by atoms with E-state index in [9.17, 15) is 0 Å². The molecule has 3 heterocycles. The molecule has 2 aromatic carbocycles. The van der Waals surface area contributed by atoms with Crippen molar-refractivity contribution in [1.29, 1.82) is 0 Å². The fourth-order valence-corrected chi connectivity index (χ4v) is 9.13. The average molecular weight is 875 g/mol. The zero-order valence-corrected chi connectivity index (χ0v) is 41.0. The second kappa shape index (κ2) is 33.0. The molecule has 0 aliphatic carbocycles. The minimum atomic E-state index is 0.842. The fraction of sp³-hybridized carbons (Fsp3) is 0.525.